The van der Waals surface area contributed by atoms with Crippen molar-refractivity contribution in [3.8, 4) is 0 Å². The molecule has 1 aliphatic carbocycles. The number of nitrogens with two attached hydrogens (primary N) is 1. The first-order chi connectivity index (χ1) is 8.29. The Morgan fingerprint density at radius 2 is 1.82 bits per heavy atom. The van der Waals surface area contributed by atoms with Gasteiger partial charge in [-0.25, -0.2) is 0 Å². The third-order valence-electron chi connectivity index (χ3n) is 3.77. The Bertz CT molecular complexity index is 327. The molecule has 0 aliphatic heterocycles. The summed E-state index contributed by atoms with van der Waals surface area (Å²) in [6.07, 6.45) is 8.44. The predicted molar refractivity (Wildman–Crippen MR) is 75.2 cm³/mol. The van der Waals surface area contributed by atoms with Crippen LogP contribution in [0.3, 0.4) is 0 Å². The van der Waals surface area contributed by atoms with Crippen LogP contribution in [0.4, 0.5) is 0 Å². The fourth-order valence-corrected chi connectivity index (χ4v) is 3.65. The number of thiophene rings is 1. The summed E-state index contributed by atoms with van der Waals surface area (Å²) < 4.78 is 0. The summed E-state index contributed by atoms with van der Waals surface area (Å²) in [7, 11) is 2.28. The van der Waals surface area contributed by atoms with Crippen molar-refractivity contribution in [2.24, 2.45) is 5.73 Å². The van der Waals surface area contributed by atoms with E-state index in [-0.39, 0.29) is 0 Å². The quantitative estimate of drug-likeness (QED) is 0.833. The van der Waals surface area contributed by atoms with Gasteiger partial charge in [-0.3, -0.25) is 4.90 Å². The average Bonchev–Trinajstić information content (AvgIpc) is 2.62. The lowest BCUT2D eigenvalue weighted by atomic mass is 10.1. The largest absolute Gasteiger partial charge is 0.326 e. The van der Waals surface area contributed by atoms with E-state index in [1.807, 2.05) is 11.3 Å². The Hall–Kier alpha value is -0.380. The molecular formula is C14H24N2S. The molecule has 1 aromatic rings. The van der Waals surface area contributed by atoms with Crippen LogP contribution in [0.1, 0.15) is 48.3 Å². The first-order valence-electron chi connectivity index (χ1n) is 6.77. The average molecular weight is 252 g/mol. The minimum absolute atomic E-state index is 0.678. The van der Waals surface area contributed by atoms with Gasteiger partial charge in [0.1, 0.15) is 0 Å². The lowest BCUT2D eigenvalue weighted by molar-refractivity contribution is 0.215. The number of nitrogens with zero attached hydrogens (tertiary/aromatic N) is 1. The summed E-state index contributed by atoms with van der Waals surface area (Å²) in [5, 5.41) is 0. The first-order valence-corrected chi connectivity index (χ1v) is 7.59. The second-order valence-electron chi connectivity index (χ2n) is 5.13. The molecule has 1 aliphatic rings. The Kier molecular flexibility index (Phi) is 5.01. The minimum Gasteiger partial charge on any atom is -0.326 e. The van der Waals surface area contributed by atoms with Crippen molar-refractivity contribution >= 4 is 11.3 Å². The highest BCUT2D eigenvalue weighted by Gasteiger charge is 2.17. The van der Waals surface area contributed by atoms with Gasteiger partial charge in [0.25, 0.3) is 0 Å². The van der Waals surface area contributed by atoms with Crippen LogP contribution in [0.15, 0.2) is 12.1 Å². The zero-order valence-electron chi connectivity index (χ0n) is 10.8. The van der Waals surface area contributed by atoms with Crippen molar-refractivity contribution in [2.45, 2.75) is 57.7 Å². The molecule has 0 radical (unpaired) electrons. The molecule has 0 aromatic carbocycles. The van der Waals surface area contributed by atoms with E-state index in [1.165, 1.54) is 48.3 Å². The Balaban J connectivity index is 1.88. The Labute approximate surface area is 109 Å². The van der Waals surface area contributed by atoms with E-state index in [0.29, 0.717) is 6.54 Å². The van der Waals surface area contributed by atoms with Crippen molar-refractivity contribution in [1.29, 1.82) is 0 Å². The van der Waals surface area contributed by atoms with Gasteiger partial charge in [0.2, 0.25) is 0 Å². The van der Waals surface area contributed by atoms with Gasteiger partial charge < -0.3 is 5.73 Å². The van der Waals surface area contributed by atoms with Gasteiger partial charge in [0, 0.05) is 28.9 Å². The lowest BCUT2D eigenvalue weighted by Crippen LogP contribution is -2.30. The molecule has 2 N–H and O–H groups in total. The summed E-state index contributed by atoms with van der Waals surface area (Å²) in [5.41, 5.74) is 5.65. The molecule has 2 nitrogen and oxygen atoms in total. The first kappa shape index (κ1) is 13.1. The number of rotatable bonds is 4. The molecule has 0 bridgehead atoms. The highest BCUT2D eigenvalue weighted by atomic mass is 32.1. The Morgan fingerprint density at radius 3 is 2.41 bits per heavy atom. The van der Waals surface area contributed by atoms with Gasteiger partial charge in [0.15, 0.2) is 0 Å². The monoisotopic (exact) mass is 252 g/mol. The molecule has 2 rings (SSSR count). The van der Waals surface area contributed by atoms with Crippen LogP contribution >= 0.6 is 11.3 Å². The summed E-state index contributed by atoms with van der Waals surface area (Å²) in [6.45, 7) is 1.77. The molecule has 0 unspecified atom stereocenters. The van der Waals surface area contributed by atoms with Gasteiger partial charge in [-0.15, -0.1) is 11.3 Å². The molecule has 0 saturated heterocycles. The van der Waals surface area contributed by atoms with E-state index >= 15 is 0 Å². The van der Waals surface area contributed by atoms with Crippen LogP contribution in [0.5, 0.6) is 0 Å². The van der Waals surface area contributed by atoms with Crippen LogP contribution in [-0.2, 0) is 13.1 Å². The fourth-order valence-electron chi connectivity index (χ4n) is 2.69. The number of hydrogen-bond donors (Lipinski definition) is 1. The summed E-state index contributed by atoms with van der Waals surface area (Å²) >= 11 is 1.86. The van der Waals surface area contributed by atoms with Gasteiger partial charge in [0.05, 0.1) is 0 Å². The third-order valence-corrected chi connectivity index (χ3v) is 4.86. The topological polar surface area (TPSA) is 29.3 Å². The summed E-state index contributed by atoms with van der Waals surface area (Å²) in [6, 6.07) is 5.20. The molecular weight excluding hydrogens is 228 g/mol. The van der Waals surface area contributed by atoms with Gasteiger partial charge >= 0.3 is 0 Å². The molecule has 96 valence electrons. The SMILES string of the molecule is CN(Cc1ccc(CN)s1)C1CCCCCC1. The van der Waals surface area contributed by atoms with Crippen molar-refractivity contribution in [2.75, 3.05) is 7.05 Å². The van der Waals surface area contributed by atoms with Crippen LogP contribution in [0, 0.1) is 0 Å². The molecule has 1 aromatic heterocycles. The maximum atomic E-state index is 5.65. The molecule has 1 saturated carbocycles. The van der Waals surface area contributed by atoms with Gasteiger partial charge in [-0.1, -0.05) is 25.7 Å². The van der Waals surface area contributed by atoms with E-state index < -0.39 is 0 Å². The standard InChI is InChI=1S/C14H24N2S/c1-16(12-6-4-2-3-5-7-12)11-14-9-8-13(10-15)17-14/h8-9,12H,2-7,10-11,15H2,1H3. The van der Waals surface area contributed by atoms with Crippen LogP contribution in [0.25, 0.3) is 0 Å². The van der Waals surface area contributed by atoms with Crippen molar-refractivity contribution in [1.82, 2.24) is 4.90 Å². The number of hydrogen-bond acceptors (Lipinski definition) is 3. The van der Waals surface area contributed by atoms with Crippen LogP contribution < -0.4 is 5.73 Å². The van der Waals surface area contributed by atoms with Crippen molar-refractivity contribution in [3.05, 3.63) is 21.9 Å². The summed E-state index contributed by atoms with van der Waals surface area (Å²) in [4.78, 5) is 5.30. The van der Waals surface area contributed by atoms with Crippen molar-refractivity contribution in [3.63, 3.8) is 0 Å². The van der Waals surface area contributed by atoms with Gasteiger partial charge in [-0.05, 0) is 32.0 Å². The van der Waals surface area contributed by atoms with Crippen molar-refractivity contribution < 1.29 is 0 Å². The molecule has 0 spiro atoms. The Morgan fingerprint density at radius 1 is 1.18 bits per heavy atom. The van der Waals surface area contributed by atoms with Crippen LogP contribution in [-0.4, -0.2) is 18.0 Å². The van der Waals surface area contributed by atoms with E-state index in [0.717, 1.165) is 12.6 Å². The smallest absolute Gasteiger partial charge is 0.0327 e. The normalized spacial score (nSPS) is 18.5. The molecule has 3 heteroatoms. The lowest BCUT2D eigenvalue weighted by Gasteiger charge is -2.26. The second-order valence-corrected chi connectivity index (χ2v) is 6.39. The maximum Gasteiger partial charge on any atom is 0.0327 e. The molecule has 1 heterocycles. The maximum absolute atomic E-state index is 5.65. The molecule has 17 heavy (non-hydrogen) atoms. The van der Waals surface area contributed by atoms with Crippen LogP contribution in [0.2, 0.25) is 0 Å². The summed E-state index contributed by atoms with van der Waals surface area (Å²) in [5.74, 6) is 0. The molecule has 1 fully saturated rings. The van der Waals surface area contributed by atoms with E-state index in [9.17, 15) is 0 Å². The predicted octanol–water partition coefficient (Wildman–Crippen LogP) is 3.36. The third kappa shape index (κ3) is 3.80. The van der Waals surface area contributed by atoms with E-state index in [4.69, 9.17) is 5.73 Å². The highest BCUT2D eigenvalue weighted by molar-refractivity contribution is 7.11. The molecule has 0 atom stereocenters. The fraction of sp³-hybridized carbons (Fsp3) is 0.714. The zero-order valence-corrected chi connectivity index (χ0v) is 11.6. The highest BCUT2D eigenvalue weighted by Crippen LogP contribution is 2.24. The van der Waals surface area contributed by atoms with Gasteiger partial charge in [-0.2, -0.15) is 0 Å². The van der Waals surface area contributed by atoms with E-state index in [2.05, 4.69) is 24.1 Å². The zero-order chi connectivity index (χ0) is 12.1. The molecule has 0 amide bonds. The second kappa shape index (κ2) is 6.53. The van der Waals surface area contributed by atoms with E-state index in [1.54, 1.807) is 0 Å². The minimum atomic E-state index is 0.678.